The molecule has 1 aromatic heterocycles. The summed E-state index contributed by atoms with van der Waals surface area (Å²) in [6.07, 6.45) is 0.521. The molecule has 1 fully saturated rings. The quantitative estimate of drug-likeness (QED) is 0.637. The van der Waals surface area contributed by atoms with Crippen LogP contribution in [0.3, 0.4) is 0 Å². The third-order valence-electron chi connectivity index (χ3n) is 5.68. The van der Waals surface area contributed by atoms with E-state index in [4.69, 9.17) is 10.7 Å². The first-order chi connectivity index (χ1) is 14.3. The van der Waals surface area contributed by atoms with Crippen LogP contribution in [-0.2, 0) is 19.0 Å². The molecule has 9 heteroatoms. The Labute approximate surface area is 174 Å². The number of nitrogens with two attached hydrogens (primary N) is 1. The second-order valence-corrected chi connectivity index (χ2v) is 7.96. The summed E-state index contributed by atoms with van der Waals surface area (Å²) in [6, 6.07) is 3.85. The van der Waals surface area contributed by atoms with Gasteiger partial charge < -0.3 is 21.3 Å². The summed E-state index contributed by atoms with van der Waals surface area (Å²) in [5, 5.41) is 6.45. The number of aromatic nitrogens is 2. The molecule has 0 spiro atoms. The number of fused-ring (bicyclic) bond motifs is 1. The lowest BCUT2D eigenvalue weighted by Crippen LogP contribution is -2.33. The number of nitrogens with one attached hydrogen (secondary N) is 2. The molecule has 1 aliphatic heterocycles. The van der Waals surface area contributed by atoms with E-state index in [1.54, 1.807) is 0 Å². The number of nitrogens with zero attached hydrogens (tertiary/aromatic N) is 3. The Morgan fingerprint density at radius 1 is 1.17 bits per heavy atom. The van der Waals surface area contributed by atoms with Crippen molar-refractivity contribution < 1.29 is 13.2 Å². The van der Waals surface area contributed by atoms with E-state index < -0.39 is 11.7 Å². The predicted molar refractivity (Wildman–Crippen MR) is 112 cm³/mol. The highest BCUT2D eigenvalue weighted by atomic mass is 19.4. The van der Waals surface area contributed by atoms with Gasteiger partial charge in [-0.2, -0.15) is 18.2 Å². The maximum Gasteiger partial charge on any atom is 0.416 e. The van der Waals surface area contributed by atoms with Crippen molar-refractivity contribution in [3.63, 3.8) is 0 Å². The van der Waals surface area contributed by atoms with E-state index in [-0.39, 0.29) is 11.4 Å². The first-order valence-corrected chi connectivity index (χ1v) is 10.5. The van der Waals surface area contributed by atoms with Crippen molar-refractivity contribution in [1.82, 2.24) is 15.3 Å². The van der Waals surface area contributed by atoms with Gasteiger partial charge in [-0.25, -0.2) is 4.98 Å². The van der Waals surface area contributed by atoms with Crippen LogP contribution in [-0.4, -0.2) is 35.6 Å². The molecule has 1 atom stereocenters. The number of likely N-dealkylation sites (N-methyl/N-ethyl adjacent to an activating group) is 1. The number of halogens is 3. The summed E-state index contributed by atoms with van der Waals surface area (Å²) in [4.78, 5) is 11.6. The average Bonchev–Trinajstić information content (AvgIpc) is 3.15. The fourth-order valence-electron chi connectivity index (χ4n) is 4.32. The van der Waals surface area contributed by atoms with Gasteiger partial charge in [0.05, 0.1) is 11.3 Å². The van der Waals surface area contributed by atoms with Crippen molar-refractivity contribution in [2.45, 2.75) is 51.2 Å². The summed E-state index contributed by atoms with van der Waals surface area (Å²) < 4.78 is 39.5. The van der Waals surface area contributed by atoms with Crippen LogP contribution in [0.15, 0.2) is 18.2 Å². The number of benzene rings is 1. The topological polar surface area (TPSA) is 79.1 Å². The van der Waals surface area contributed by atoms with Crippen LogP contribution < -0.4 is 21.3 Å². The molecule has 0 unspecified atom stereocenters. The Balaban J connectivity index is 1.66. The Bertz CT molecular complexity index is 914. The summed E-state index contributed by atoms with van der Waals surface area (Å²) in [5.74, 6) is 1.22. The molecule has 2 heterocycles. The van der Waals surface area contributed by atoms with Gasteiger partial charge in [0.15, 0.2) is 0 Å². The molecule has 4 rings (SSSR count). The normalized spacial score (nSPS) is 19.1. The van der Waals surface area contributed by atoms with Gasteiger partial charge in [0.2, 0.25) is 5.95 Å². The zero-order valence-corrected chi connectivity index (χ0v) is 17.0. The molecule has 0 saturated carbocycles. The van der Waals surface area contributed by atoms with Crippen molar-refractivity contribution in [2.24, 2.45) is 0 Å². The minimum atomic E-state index is -4.47. The van der Waals surface area contributed by atoms with Gasteiger partial charge in [-0.3, -0.25) is 0 Å². The fourth-order valence-corrected chi connectivity index (χ4v) is 4.32. The van der Waals surface area contributed by atoms with Gasteiger partial charge in [0.25, 0.3) is 0 Å². The van der Waals surface area contributed by atoms with Crippen LogP contribution in [0.2, 0.25) is 0 Å². The van der Waals surface area contributed by atoms with E-state index in [1.807, 2.05) is 0 Å². The number of anilines is 4. The number of nitrogen functional groups attached to an aromatic ring is 1. The monoisotopic (exact) mass is 420 g/mol. The van der Waals surface area contributed by atoms with E-state index in [0.29, 0.717) is 12.0 Å². The molecule has 0 radical (unpaired) electrons. The Kier molecular flexibility index (Phi) is 5.73. The summed E-state index contributed by atoms with van der Waals surface area (Å²) in [5.41, 5.74) is 7.34. The molecule has 4 N–H and O–H groups in total. The molecule has 2 aromatic rings. The zero-order valence-electron chi connectivity index (χ0n) is 17.0. The first-order valence-electron chi connectivity index (χ1n) is 10.5. The maximum atomic E-state index is 13.2. The molecule has 6 nitrogen and oxygen atoms in total. The third-order valence-corrected chi connectivity index (χ3v) is 5.68. The second kappa shape index (κ2) is 8.29. The first kappa shape index (κ1) is 20.7. The van der Waals surface area contributed by atoms with Gasteiger partial charge in [-0.05, 0) is 56.8 Å². The molecule has 2 aliphatic rings. The predicted octanol–water partition coefficient (Wildman–Crippen LogP) is 3.89. The number of alkyl halides is 3. The Morgan fingerprint density at radius 3 is 2.73 bits per heavy atom. The van der Waals surface area contributed by atoms with Crippen LogP contribution in [0.4, 0.5) is 36.3 Å². The summed E-state index contributed by atoms with van der Waals surface area (Å²) in [6.45, 7) is 4.78. The van der Waals surface area contributed by atoms with Crippen LogP contribution >= 0.6 is 0 Å². The molecule has 162 valence electrons. The Morgan fingerprint density at radius 2 is 1.97 bits per heavy atom. The molecular weight excluding hydrogens is 393 g/mol. The maximum absolute atomic E-state index is 13.2. The Hall–Kier alpha value is -2.55. The van der Waals surface area contributed by atoms with Gasteiger partial charge in [-0.1, -0.05) is 6.92 Å². The molecule has 1 aromatic carbocycles. The smallest absolute Gasteiger partial charge is 0.399 e. The molecule has 0 bridgehead atoms. The van der Waals surface area contributed by atoms with E-state index in [9.17, 15) is 13.2 Å². The van der Waals surface area contributed by atoms with E-state index in [2.05, 4.69) is 27.4 Å². The van der Waals surface area contributed by atoms with Gasteiger partial charge >= 0.3 is 6.18 Å². The largest absolute Gasteiger partial charge is 0.416 e. The lowest BCUT2D eigenvalue weighted by Gasteiger charge is -2.26. The summed E-state index contributed by atoms with van der Waals surface area (Å²) in [7, 11) is 0. The number of aryl methyl sites for hydroxylation is 1. The van der Waals surface area contributed by atoms with Crippen molar-refractivity contribution in [3.8, 4) is 0 Å². The van der Waals surface area contributed by atoms with E-state index >= 15 is 0 Å². The zero-order chi connectivity index (χ0) is 21.3. The van der Waals surface area contributed by atoms with Crippen LogP contribution in [0.25, 0.3) is 0 Å². The van der Waals surface area contributed by atoms with Gasteiger partial charge in [0, 0.05) is 36.1 Å². The highest BCUT2D eigenvalue weighted by Crippen LogP contribution is 2.35. The number of rotatable bonds is 5. The van der Waals surface area contributed by atoms with Crippen LogP contribution in [0, 0.1) is 0 Å². The standard InChI is InChI=1S/C21H27F3N6/c1-2-26-15-7-8-30(12-15)19-17-5-3-4-6-18(17)28-20(29-19)27-16-10-13(21(22,23)24)9-14(25)11-16/h9-11,15,26H,2-8,12,25H2,1H3,(H,27,28,29)/t15-/m0/s1. The number of hydrogen-bond acceptors (Lipinski definition) is 6. The second-order valence-electron chi connectivity index (χ2n) is 7.96. The third kappa shape index (κ3) is 4.45. The fraction of sp³-hybridized carbons (Fsp3) is 0.524. The average molecular weight is 420 g/mol. The summed E-state index contributed by atoms with van der Waals surface area (Å²) >= 11 is 0. The molecule has 1 saturated heterocycles. The molecular formula is C21H27F3N6. The van der Waals surface area contributed by atoms with Crippen LogP contribution in [0.1, 0.15) is 43.0 Å². The lowest BCUT2D eigenvalue weighted by atomic mass is 9.96. The number of hydrogen-bond donors (Lipinski definition) is 3. The van der Waals surface area contributed by atoms with Crippen molar-refractivity contribution >= 4 is 23.1 Å². The minimum absolute atomic E-state index is 0.0403. The van der Waals surface area contributed by atoms with Gasteiger partial charge in [0.1, 0.15) is 5.82 Å². The molecule has 30 heavy (non-hydrogen) atoms. The highest BCUT2D eigenvalue weighted by Gasteiger charge is 2.31. The molecule has 0 amide bonds. The van der Waals surface area contributed by atoms with Crippen molar-refractivity contribution in [1.29, 1.82) is 0 Å². The van der Waals surface area contributed by atoms with Crippen LogP contribution in [0.5, 0.6) is 0 Å². The molecule has 1 aliphatic carbocycles. The van der Waals surface area contributed by atoms with E-state index in [0.717, 1.165) is 75.4 Å². The SMILES string of the molecule is CCN[C@H]1CCN(c2nc(Nc3cc(N)cc(C(F)(F)F)c3)nc3c2CCCC3)C1. The van der Waals surface area contributed by atoms with E-state index in [1.165, 1.54) is 11.6 Å². The van der Waals surface area contributed by atoms with Crippen molar-refractivity contribution in [2.75, 3.05) is 35.6 Å². The van der Waals surface area contributed by atoms with Gasteiger partial charge in [-0.15, -0.1) is 0 Å². The lowest BCUT2D eigenvalue weighted by molar-refractivity contribution is -0.137. The minimum Gasteiger partial charge on any atom is -0.399 e. The van der Waals surface area contributed by atoms with Crippen molar-refractivity contribution in [3.05, 3.63) is 35.0 Å². The highest BCUT2D eigenvalue weighted by molar-refractivity contribution is 5.64.